The molecule has 2 aromatic rings. The second-order valence-electron chi connectivity index (χ2n) is 9.04. The third kappa shape index (κ3) is 6.09. The van der Waals surface area contributed by atoms with E-state index in [1.807, 2.05) is 24.3 Å². The summed E-state index contributed by atoms with van der Waals surface area (Å²) in [5.41, 5.74) is 2.60. The zero-order chi connectivity index (χ0) is 24.0. The summed E-state index contributed by atoms with van der Waals surface area (Å²) >= 11 is 0. The normalized spacial score (nSPS) is 21.9. The Balaban J connectivity index is 0.000000205. The summed E-state index contributed by atoms with van der Waals surface area (Å²) in [5, 5.41) is 0. The highest BCUT2D eigenvalue weighted by Crippen LogP contribution is 2.29. The molecule has 4 rings (SSSR count). The van der Waals surface area contributed by atoms with E-state index in [9.17, 15) is 14.4 Å². The van der Waals surface area contributed by atoms with Crippen LogP contribution in [0.5, 0.6) is 5.75 Å². The number of para-hydroxylation sites is 1. The third-order valence-corrected chi connectivity index (χ3v) is 6.37. The molecule has 0 radical (unpaired) electrons. The first-order valence-electron chi connectivity index (χ1n) is 11.8. The molecule has 0 spiro atoms. The van der Waals surface area contributed by atoms with Crippen molar-refractivity contribution in [3.05, 3.63) is 45.9 Å². The van der Waals surface area contributed by atoms with Crippen molar-refractivity contribution in [1.82, 2.24) is 9.97 Å². The Morgan fingerprint density at radius 2 is 1.85 bits per heavy atom. The van der Waals surface area contributed by atoms with E-state index in [4.69, 9.17) is 9.47 Å². The molecular formula is C26H34N2O5. The lowest BCUT2D eigenvalue weighted by atomic mass is 9.81. The molecule has 2 aliphatic rings. The molecule has 33 heavy (non-hydrogen) atoms. The highest BCUT2D eigenvalue weighted by molar-refractivity contribution is 5.99. The van der Waals surface area contributed by atoms with Crippen LogP contribution in [0.25, 0.3) is 11.4 Å². The van der Waals surface area contributed by atoms with E-state index in [1.54, 1.807) is 14.0 Å². The lowest BCUT2D eigenvalue weighted by molar-refractivity contribution is -0.153. The van der Waals surface area contributed by atoms with Crippen molar-refractivity contribution < 1.29 is 19.1 Å². The molecule has 7 heteroatoms. The predicted octanol–water partition coefficient (Wildman–Crippen LogP) is 4.13. The van der Waals surface area contributed by atoms with Gasteiger partial charge in [-0.2, -0.15) is 0 Å². The van der Waals surface area contributed by atoms with Crippen molar-refractivity contribution in [2.45, 2.75) is 59.3 Å². The molecule has 1 fully saturated rings. The molecule has 1 saturated carbocycles. The number of H-pyrrole nitrogens is 1. The molecule has 0 aliphatic heterocycles. The Kier molecular flexibility index (Phi) is 8.42. The van der Waals surface area contributed by atoms with Crippen LogP contribution in [0, 0.1) is 17.8 Å². The standard InChI is InChI=1S/C16H18N2O2.C10H16O3/c1-10-7-8-11-13(9-10)17-15(18-16(11)19)12-5-3-4-6-14(12)20-2;1-3-13-10(12)8-6-7(2)4-5-9(8)11/h3-6,10H,7-9H2,1-2H3,(H,17,18,19);7-8H,3-6H2,1-2H3. The number of nitrogens with zero attached hydrogens (tertiary/aromatic N) is 1. The maximum Gasteiger partial charge on any atom is 0.316 e. The van der Waals surface area contributed by atoms with E-state index in [0.717, 1.165) is 48.3 Å². The molecule has 7 nitrogen and oxygen atoms in total. The van der Waals surface area contributed by atoms with Crippen molar-refractivity contribution in [1.29, 1.82) is 0 Å². The maximum absolute atomic E-state index is 12.2. The van der Waals surface area contributed by atoms with Gasteiger partial charge >= 0.3 is 5.97 Å². The fraction of sp³-hybridized carbons (Fsp3) is 0.538. The highest BCUT2D eigenvalue weighted by Gasteiger charge is 2.33. The minimum atomic E-state index is -0.483. The number of carbonyl (C=O) groups excluding carboxylic acids is 2. The van der Waals surface area contributed by atoms with Gasteiger partial charge in [0.05, 0.1) is 25.0 Å². The van der Waals surface area contributed by atoms with Gasteiger partial charge in [-0.1, -0.05) is 26.0 Å². The number of rotatable bonds is 4. The van der Waals surface area contributed by atoms with Crippen LogP contribution < -0.4 is 10.3 Å². The number of ketones is 1. The summed E-state index contributed by atoms with van der Waals surface area (Å²) in [7, 11) is 1.62. The second-order valence-corrected chi connectivity index (χ2v) is 9.04. The number of aromatic amines is 1. The summed E-state index contributed by atoms with van der Waals surface area (Å²) in [6.07, 6.45) is 4.87. The van der Waals surface area contributed by atoms with E-state index >= 15 is 0 Å². The number of benzene rings is 1. The summed E-state index contributed by atoms with van der Waals surface area (Å²) in [5.74, 6) is 1.61. The van der Waals surface area contributed by atoms with Gasteiger partial charge in [-0.05, 0) is 63.0 Å². The average Bonchev–Trinajstić information content (AvgIpc) is 2.80. The van der Waals surface area contributed by atoms with Crippen molar-refractivity contribution in [3.63, 3.8) is 0 Å². The zero-order valence-corrected chi connectivity index (χ0v) is 20.0. The molecule has 3 unspecified atom stereocenters. The van der Waals surface area contributed by atoms with Gasteiger partial charge < -0.3 is 14.5 Å². The number of hydrogen-bond donors (Lipinski definition) is 1. The molecular weight excluding hydrogens is 420 g/mol. The van der Waals surface area contributed by atoms with Crippen molar-refractivity contribution in [2.75, 3.05) is 13.7 Å². The first kappa shape index (κ1) is 24.7. The van der Waals surface area contributed by atoms with Crippen LogP contribution >= 0.6 is 0 Å². The lowest BCUT2D eigenvalue weighted by Gasteiger charge is -2.23. The van der Waals surface area contributed by atoms with E-state index in [0.29, 0.717) is 37.1 Å². The average molecular weight is 455 g/mol. The summed E-state index contributed by atoms with van der Waals surface area (Å²) < 4.78 is 10.2. The summed E-state index contributed by atoms with van der Waals surface area (Å²) in [6.45, 7) is 6.39. The van der Waals surface area contributed by atoms with Gasteiger partial charge in [0.15, 0.2) is 0 Å². The van der Waals surface area contributed by atoms with Crippen LogP contribution in [-0.2, 0) is 27.2 Å². The van der Waals surface area contributed by atoms with Crippen LogP contribution in [0.3, 0.4) is 0 Å². The monoisotopic (exact) mass is 454 g/mol. The van der Waals surface area contributed by atoms with E-state index in [1.165, 1.54) is 0 Å². The largest absolute Gasteiger partial charge is 0.496 e. The van der Waals surface area contributed by atoms with Crippen molar-refractivity contribution in [3.8, 4) is 17.1 Å². The molecule has 1 heterocycles. The maximum atomic E-state index is 12.2. The highest BCUT2D eigenvalue weighted by atomic mass is 16.5. The first-order valence-corrected chi connectivity index (χ1v) is 11.8. The smallest absolute Gasteiger partial charge is 0.316 e. The SMILES string of the molecule is CCOC(=O)C1CC(C)CCC1=O.COc1ccccc1-c1nc2c(c(=O)[nH]1)CCC(C)C2. The molecule has 1 N–H and O–H groups in total. The zero-order valence-electron chi connectivity index (χ0n) is 20.0. The van der Waals surface area contributed by atoms with Gasteiger partial charge in [0.1, 0.15) is 23.3 Å². The fourth-order valence-electron chi connectivity index (χ4n) is 4.45. The minimum absolute atomic E-state index is 0.0113. The van der Waals surface area contributed by atoms with Gasteiger partial charge in [-0.3, -0.25) is 14.4 Å². The topological polar surface area (TPSA) is 98.3 Å². The molecule has 0 saturated heterocycles. The molecule has 3 atom stereocenters. The summed E-state index contributed by atoms with van der Waals surface area (Å²) in [4.78, 5) is 42.5. The Labute approximate surface area is 194 Å². The number of fused-ring (bicyclic) bond motifs is 1. The number of hydrogen-bond acceptors (Lipinski definition) is 6. The van der Waals surface area contributed by atoms with E-state index in [-0.39, 0.29) is 17.3 Å². The van der Waals surface area contributed by atoms with Crippen LogP contribution in [0.1, 0.15) is 57.7 Å². The number of Topliss-reactive ketones (excluding diaryl/α,β-unsaturated/α-hetero) is 1. The van der Waals surface area contributed by atoms with Crippen molar-refractivity contribution >= 4 is 11.8 Å². The van der Waals surface area contributed by atoms with Gasteiger partial charge in [-0.25, -0.2) is 4.98 Å². The Morgan fingerprint density at radius 1 is 1.12 bits per heavy atom. The van der Waals surface area contributed by atoms with Crippen LogP contribution in [0.2, 0.25) is 0 Å². The van der Waals surface area contributed by atoms with Crippen molar-refractivity contribution in [2.24, 2.45) is 17.8 Å². The first-order chi connectivity index (χ1) is 15.8. The molecule has 1 aromatic carbocycles. The number of methoxy groups -OCH3 is 1. The van der Waals surface area contributed by atoms with Crippen LogP contribution in [0.4, 0.5) is 0 Å². The number of nitrogens with one attached hydrogen (secondary N) is 1. The molecule has 0 amide bonds. The number of ether oxygens (including phenoxy) is 2. The molecule has 1 aromatic heterocycles. The Morgan fingerprint density at radius 3 is 2.58 bits per heavy atom. The molecule has 2 aliphatic carbocycles. The Bertz CT molecular complexity index is 1050. The summed E-state index contributed by atoms with van der Waals surface area (Å²) in [6, 6.07) is 7.61. The lowest BCUT2D eigenvalue weighted by Crippen LogP contribution is -2.31. The van der Waals surface area contributed by atoms with Crippen LogP contribution in [-0.4, -0.2) is 35.4 Å². The second kappa shape index (κ2) is 11.3. The molecule has 178 valence electrons. The van der Waals surface area contributed by atoms with E-state index < -0.39 is 5.92 Å². The van der Waals surface area contributed by atoms with Gasteiger partial charge in [-0.15, -0.1) is 0 Å². The number of esters is 1. The predicted molar refractivity (Wildman–Crippen MR) is 126 cm³/mol. The quantitative estimate of drug-likeness (QED) is 0.551. The Hall–Kier alpha value is -2.96. The number of carbonyl (C=O) groups is 2. The van der Waals surface area contributed by atoms with Crippen LogP contribution in [0.15, 0.2) is 29.1 Å². The minimum Gasteiger partial charge on any atom is -0.496 e. The molecule has 0 bridgehead atoms. The van der Waals surface area contributed by atoms with Gasteiger partial charge in [0, 0.05) is 12.0 Å². The van der Waals surface area contributed by atoms with E-state index in [2.05, 4.69) is 23.8 Å². The number of aromatic nitrogens is 2. The van der Waals surface area contributed by atoms with Gasteiger partial charge in [0.25, 0.3) is 5.56 Å². The fourth-order valence-corrected chi connectivity index (χ4v) is 4.45. The third-order valence-electron chi connectivity index (χ3n) is 6.37. The van der Waals surface area contributed by atoms with Gasteiger partial charge in [0.2, 0.25) is 0 Å².